The average Bonchev–Trinajstić information content (AvgIpc) is 2.82. The van der Waals surface area contributed by atoms with Crippen LogP contribution < -0.4 is 0 Å². The maximum atomic E-state index is 13.4. The summed E-state index contributed by atoms with van der Waals surface area (Å²) in [6.45, 7) is 7.82. The smallest absolute Gasteiger partial charge is 0.134 e. The predicted octanol–water partition coefficient (Wildman–Crippen LogP) is 3.72. The second-order valence-electron chi connectivity index (χ2n) is 5.59. The fourth-order valence-corrected chi connectivity index (χ4v) is 3.08. The van der Waals surface area contributed by atoms with Crippen molar-refractivity contribution in [3.05, 3.63) is 35.1 Å². The largest absolute Gasteiger partial charge is 0.300 e. The number of Topliss-reactive ketones (excluding diaryl/α,β-unsaturated/α-hetero) is 1. The molecule has 2 rings (SSSR count). The van der Waals surface area contributed by atoms with Crippen molar-refractivity contribution in [2.75, 3.05) is 0 Å². The van der Waals surface area contributed by atoms with Gasteiger partial charge in [-0.25, -0.2) is 4.39 Å². The zero-order chi connectivity index (χ0) is 12.8. The fraction of sp³-hybridized carbons (Fsp3) is 0.533. The fourth-order valence-electron chi connectivity index (χ4n) is 3.08. The molecule has 17 heavy (non-hydrogen) atoms. The lowest BCUT2D eigenvalue weighted by Gasteiger charge is -2.06. The van der Waals surface area contributed by atoms with E-state index in [4.69, 9.17) is 0 Å². The zero-order valence-corrected chi connectivity index (χ0v) is 10.9. The van der Waals surface area contributed by atoms with Gasteiger partial charge in [0.2, 0.25) is 0 Å². The molecule has 0 aliphatic heterocycles. The van der Waals surface area contributed by atoms with Crippen LogP contribution in [0.2, 0.25) is 0 Å². The molecule has 0 aromatic heterocycles. The van der Waals surface area contributed by atoms with Crippen molar-refractivity contribution in [2.24, 2.45) is 11.3 Å². The Morgan fingerprint density at radius 1 is 1.41 bits per heavy atom. The lowest BCUT2D eigenvalue weighted by atomic mass is 10.00. The van der Waals surface area contributed by atoms with Crippen molar-refractivity contribution >= 4 is 5.78 Å². The number of aryl methyl sites for hydroxylation is 1. The SMILES string of the molecule is CCc1cc(C2C(C(C)=O)C2(C)C)ccc1F. The van der Waals surface area contributed by atoms with E-state index in [-0.39, 0.29) is 28.9 Å². The van der Waals surface area contributed by atoms with E-state index < -0.39 is 0 Å². The molecule has 0 amide bonds. The third kappa shape index (κ3) is 1.90. The van der Waals surface area contributed by atoms with Gasteiger partial charge in [-0.1, -0.05) is 32.9 Å². The van der Waals surface area contributed by atoms with Crippen LogP contribution in [0.4, 0.5) is 4.39 Å². The van der Waals surface area contributed by atoms with Gasteiger partial charge in [0.1, 0.15) is 11.6 Å². The van der Waals surface area contributed by atoms with Crippen molar-refractivity contribution in [1.82, 2.24) is 0 Å². The third-order valence-corrected chi connectivity index (χ3v) is 4.08. The predicted molar refractivity (Wildman–Crippen MR) is 66.5 cm³/mol. The summed E-state index contributed by atoms with van der Waals surface area (Å²) >= 11 is 0. The molecule has 1 aromatic rings. The summed E-state index contributed by atoms with van der Waals surface area (Å²) in [7, 11) is 0. The zero-order valence-electron chi connectivity index (χ0n) is 10.9. The van der Waals surface area contributed by atoms with Crippen molar-refractivity contribution in [1.29, 1.82) is 0 Å². The van der Waals surface area contributed by atoms with E-state index in [1.807, 2.05) is 19.1 Å². The maximum absolute atomic E-state index is 13.4. The molecule has 2 unspecified atom stereocenters. The summed E-state index contributed by atoms with van der Waals surface area (Å²) < 4.78 is 13.4. The highest BCUT2D eigenvalue weighted by molar-refractivity contribution is 5.84. The lowest BCUT2D eigenvalue weighted by molar-refractivity contribution is -0.118. The Bertz CT molecular complexity index is 462. The van der Waals surface area contributed by atoms with Crippen molar-refractivity contribution < 1.29 is 9.18 Å². The summed E-state index contributed by atoms with van der Waals surface area (Å²) in [6, 6.07) is 5.27. The maximum Gasteiger partial charge on any atom is 0.134 e. The van der Waals surface area contributed by atoms with Crippen LogP contribution >= 0.6 is 0 Å². The Labute approximate surface area is 102 Å². The standard InChI is InChI=1S/C15H19FO/c1-5-10-8-11(6-7-12(10)16)14-13(9(2)17)15(14,3)4/h6-8,13-14H,5H2,1-4H3. The summed E-state index contributed by atoms with van der Waals surface area (Å²) in [5.41, 5.74) is 1.87. The molecule has 1 aliphatic rings. The van der Waals surface area contributed by atoms with E-state index in [0.717, 1.165) is 11.1 Å². The van der Waals surface area contributed by atoms with Crippen molar-refractivity contribution in [2.45, 2.75) is 40.0 Å². The number of carbonyl (C=O) groups is 1. The molecule has 0 radical (unpaired) electrons. The summed E-state index contributed by atoms with van der Waals surface area (Å²) in [4.78, 5) is 11.6. The minimum absolute atomic E-state index is 0.0225. The quantitative estimate of drug-likeness (QED) is 0.779. The van der Waals surface area contributed by atoms with Crippen LogP contribution in [0, 0.1) is 17.2 Å². The molecule has 1 nitrogen and oxygen atoms in total. The van der Waals surface area contributed by atoms with E-state index in [9.17, 15) is 9.18 Å². The van der Waals surface area contributed by atoms with Gasteiger partial charge in [0.15, 0.2) is 0 Å². The Morgan fingerprint density at radius 2 is 2.06 bits per heavy atom. The van der Waals surface area contributed by atoms with E-state index in [2.05, 4.69) is 13.8 Å². The van der Waals surface area contributed by atoms with Gasteiger partial charge in [-0.3, -0.25) is 4.79 Å². The van der Waals surface area contributed by atoms with Crippen LogP contribution in [-0.2, 0) is 11.2 Å². The van der Waals surface area contributed by atoms with E-state index in [1.54, 1.807) is 6.92 Å². The first-order chi connectivity index (χ1) is 7.89. The number of carbonyl (C=O) groups excluding carboxylic acids is 1. The Kier molecular flexibility index (Phi) is 2.84. The molecule has 1 fully saturated rings. The van der Waals surface area contributed by atoms with Gasteiger partial charge in [0, 0.05) is 5.92 Å². The van der Waals surface area contributed by atoms with E-state index >= 15 is 0 Å². The number of rotatable bonds is 3. The first-order valence-electron chi connectivity index (χ1n) is 6.18. The van der Waals surface area contributed by atoms with Crippen molar-refractivity contribution in [3.8, 4) is 0 Å². The molecular weight excluding hydrogens is 215 g/mol. The molecule has 0 bridgehead atoms. The highest BCUT2D eigenvalue weighted by atomic mass is 19.1. The minimum atomic E-state index is -0.144. The van der Waals surface area contributed by atoms with Crippen molar-refractivity contribution in [3.63, 3.8) is 0 Å². The Hall–Kier alpha value is -1.18. The molecule has 1 saturated carbocycles. The van der Waals surface area contributed by atoms with Gasteiger partial charge >= 0.3 is 0 Å². The van der Waals surface area contributed by atoms with Gasteiger partial charge in [-0.05, 0) is 41.9 Å². The Balaban J connectivity index is 2.34. The minimum Gasteiger partial charge on any atom is -0.300 e. The Morgan fingerprint density at radius 3 is 2.53 bits per heavy atom. The van der Waals surface area contributed by atoms with Gasteiger partial charge < -0.3 is 0 Å². The first-order valence-corrected chi connectivity index (χ1v) is 6.18. The van der Waals surface area contributed by atoms with Gasteiger partial charge in [-0.15, -0.1) is 0 Å². The van der Waals surface area contributed by atoms with Crippen LogP contribution in [0.15, 0.2) is 18.2 Å². The highest BCUT2D eigenvalue weighted by Crippen LogP contribution is 2.64. The number of benzene rings is 1. The summed E-state index contributed by atoms with van der Waals surface area (Å²) in [6.07, 6.45) is 0.692. The monoisotopic (exact) mass is 234 g/mol. The number of ketones is 1. The molecule has 1 aliphatic carbocycles. The van der Waals surface area contributed by atoms with E-state index in [0.29, 0.717) is 6.42 Å². The normalized spacial score (nSPS) is 25.7. The van der Waals surface area contributed by atoms with Crippen LogP contribution in [0.5, 0.6) is 0 Å². The van der Waals surface area contributed by atoms with Gasteiger partial charge in [0.05, 0.1) is 0 Å². The number of hydrogen-bond donors (Lipinski definition) is 0. The summed E-state index contributed by atoms with van der Waals surface area (Å²) in [5.74, 6) is 0.444. The molecule has 2 atom stereocenters. The lowest BCUT2D eigenvalue weighted by Crippen LogP contribution is -1.99. The molecule has 0 saturated heterocycles. The first kappa shape index (κ1) is 12.3. The molecule has 0 heterocycles. The molecule has 92 valence electrons. The second kappa shape index (κ2) is 3.94. The van der Waals surface area contributed by atoms with Gasteiger partial charge in [0.25, 0.3) is 0 Å². The topological polar surface area (TPSA) is 17.1 Å². The molecular formula is C15H19FO. The molecule has 0 N–H and O–H groups in total. The van der Waals surface area contributed by atoms with E-state index in [1.165, 1.54) is 6.07 Å². The van der Waals surface area contributed by atoms with Crippen LogP contribution in [0.1, 0.15) is 44.7 Å². The molecule has 0 spiro atoms. The van der Waals surface area contributed by atoms with Gasteiger partial charge in [-0.2, -0.15) is 0 Å². The highest BCUT2D eigenvalue weighted by Gasteiger charge is 2.60. The second-order valence-corrected chi connectivity index (χ2v) is 5.59. The molecule has 1 aromatic carbocycles. The third-order valence-electron chi connectivity index (χ3n) is 4.08. The summed E-state index contributed by atoms with van der Waals surface area (Å²) in [5, 5.41) is 0. The average molecular weight is 234 g/mol. The molecule has 2 heteroatoms. The number of halogens is 1. The van der Waals surface area contributed by atoms with Crippen LogP contribution in [0.3, 0.4) is 0 Å². The van der Waals surface area contributed by atoms with Crippen LogP contribution in [0.25, 0.3) is 0 Å². The number of hydrogen-bond acceptors (Lipinski definition) is 1. The van der Waals surface area contributed by atoms with Crippen LogP contribution in [-0.4, -0.2) is 5.78 Å².